The Hall–Kier alpha value is -2.00. The molecule has 0 aliphatic carbocycles. The quantitative estimate of drug-likeness (QED) is 0.613. The van der Waals surface area contributed by atoms with E-state index in [0.717, 1.165) is 28.8 Å². The minimum absolute atomic E-state index is 0.684. The molecule has 3 aromatic rings. The van der Waals surface area contributed by atoms with Crippen LogP contribution < -0.4 is 0 Å². The minimum Gasteiger partial charge on any atom is -0.436 e. The largest absolute Gasteiger partial charge is 0.436 e. The maximum absolute atomic E-state index is 5.85. The molecule has 3 heteroatoms. The number of oxazole rings is 1. The van der Waals surface area contributed by atoms with Gasteiger partial charge in [0.2, 0.25) is 5.89 Å². The second-order valence-corrected chi connectivity index (χ2v) is 5.76. The molecule has 21 heavy (non-hydrogen) atoms. The molecule has 1 heterocycles. The predicted molar refractivity (Wildman–Crippen MR) is 90.6 cm³/mol. The lowest BCUT2D eigenvalue weighted by molar-refractivity contribution is 0.619. The van der Waals surface area contributed by atoms with Crippen LogP contribution in [-0.2, 0) is 12.2 Å². The van der Waals surface area contributed by atoms with Crippen LogP contribution >= 0.6 is 11.8 Å². The molecule has 1 aromatic heterocycles. The molecule has 2 nitrogen and oxygen atoms in total. The zero-order valence-corrected chi connectivity index (χ0v) is 12.8. The first kappa shape index (κ1) is 14.0. The van der Waals surface area contributed by atoms with Gasteiger partial charge in [0.25, 0.3) is 0 Å². The number of benzene rings is 2. The van der Waals surface area contributed by atoms with E-state index in [9.17, 15) is 0 Å². The van der Waals surface area contributed by atoms with Crippen LogP contribution in [0.1, 0.15) is 11.1 Å². The highest BCUT2D eigenvalue weighted by molar-refractivity contribution is 7.97. The van der Waals surface area contributed by atoms with Crippen molar-refractivity contribution in [3.63, 3.8) is 0 Å². The van der Waals surface area contributed by atoms with E-state index in [1.807, 2.05) is 42.1 Å². The molecular formula is C18H17NOS. The summed E-state index contributed by atoms with van der Waals surface area (Å²) in [6.07, 6.45) is 4.95. The Bertz CT molecular complexity index is 743. The highest BCUT2D eigenvalue weighted by Crippen LogP contribution is 2.27. The molecule has 0 saturated heterocycles. The van der Waals surface area contributed by atoms with Crippen molar-refractivity contribution in [2.24, 2.45) is 0 Å². The highest BCUT2D eigenvalue weighted by Gasteiger charge is 2.10. The van der Waals surface area contributed by atoms with Crippen molar-refractivity contribution < 1.29 is 4.42 Å². The van der Waals surface area contributed by atoms with Crippen molar-refractivity contribution in [3.8, 4) is 11.5 Å². The van der Waals surface area contributed by atoms with Crippen LogP contribution in [-0.4, -0.2) is 11.2 Å². The molecule has 2 aromatic carbocycles. The lowest BCUT2D eigenvalue weighted by atomic mass is 10.0. The Labute approximate surface area is 128 Å². The van der Waals surface area contributed by atoms with Crippen molar-refractivity contribution in [1.29, 1.82) is 0 Å². The molecule has 0 unspecified atom stereocenters. The Kier molecular flexibility index (Phi) is 4.11. The number of hydrogen-bond donors (Lipinski definition) is 0. The summed E-state index contributed by atoms with van der Waals surface area (Å²) in [5, 5.41) is 0. The molecule has 0 aliphatic rings. The van der Waals surface area contributed by atoms with Gasteiger partial charge in [0.1, 0.15) is 5.52 Å². The van der Waals surface area contributed by atoms with Crippen LogP contribution in [0.5, 0.6) is 0 Å². The number of hydrogen-bond acceptors (Lipinski definition) is 3. The van der Waals surface area contributed by atoms with Crippen LogP contribution in [0.3, 0.4) is 0 Å². The van der Waals surface area contributed by atoms with Gasteiger partial charge in [-0.3, -0.25) is 0 Å². The van der Waals surface area contributed by atoms with Gasteiger partial charge in [-0.1, -0.05) is 24.3 Å². The van der Waals surface area contributed by atoms with E-state index < -0.39 is 0 Å². The number of nitrogens with zero attached hydrogens (tertiary/aromatic N) is 1. The van der Waals surface area contributed by atoms with E-state index in [0.29, 0.717) is 5.89 Å². The van der Waals surface area contributed by atoms with Gasteiger partial charge in [-0.15, -0.1) is 6.58 Å². The zero-order chi connectivity index (χ0) is 14.7. The number of allylic oxidation sites excluding steroid dienone is 1. The third kappa shape index (κ3) is 2.88. The third-order valence-electron chi connectivity index (χ3n) is 3.41. The molecule has 0 radical (unpaired) electrons. The van der Waals surface area contributed by atoms with Crippen molar-refractivity contribution in [2.75, 3.05) is 6.26 Å². The number of thioether (sulfide) groups is 1. The molecule has 3 rings (SSSR count). The second kappa shape index (κ2) is 6.19. The maximum atomic E-state index is 5.85. The zero-order valence-electron chi connectivity index (χ0n) is 12.0. The van der Waals surface area contributed by atoms with Crippen molar-refractivity contribution in [1.82, 2.24) is 4.98 Å². The van der Waals surface area contributed by atoms with Crippen molar-refractivity contribution >= 4 is 22.9 Å². The van der Waals surface area contributed by atoms with Crippen molar-refractivity contribution in [2.45, 2.75) is 12.2 Å². The Morgan fingerprint density at radius 1 is 1.19 bits per heavy atom. The van der Waals surface area contributed by atoms with Gasteiger partial charge in [-0.05, 0) is 48.1 Å². The summed E-state index contributed by atoms with van der Waals surface area (Å²) in [6, 6.07) is 14.3. The summed E-state index contributed by atoms with van der Waals surface area (Å²) in [7, 11) is 0. The second-order valence-electron chi connectivity index (χ2n) is 4.90. The van der Waals surface area contributed by atoms with Gasteiger partial charge in [-0.25, -0.2) is 4.98 Å². The lowest BCUT2D eigenvalue weighted by Crippen LogP contribution is -1.92. The summed E-state index contributed by atoms with van der Waals surface area (Å²) < 4.78 is 5.85. The molecule has 0 saturated carbocycles. The van der Waals surface area contributed by atoms with Gasteiger partial charge in [0.05, 0.1) is 0 Å². The van der Waals surface area contributed by atoms with E-state index in [1.165, 1.54) is 11.1 Å². The fourth-order valence-electron chi connectivity index (χ4n) is 2.40. The van der Waals surface area contributed by atoms with E-state index in [4.69, 9.17) is 4.42 Å². The van der Waals surface area contributed by atoms with Crippen LogP contribution in [0.4, 0.5) is 0 Å². The fraction of sp³-hybridized carbons (Fsp3) is 0.167. The summed E-state index contributed by atoms with van der Waals surface area (Å²) in [5.74, 6) is 1.67. The number of aromatic nitrogens is 1. The first-order valence-electron chi connectivity index (χ1n) is 6.89. The van der Waals surface area contributed by atoms with E-state index in [-0.39, 0.29) is 0 Å². The van der Waals surface area contributed by atoms with Crippen LogP contribution in [0, 0.1) is 0 Å². The molecule has 0 aliphatic heterocycles. The molecule has 0 fully saturated rings. The number of para-hydroxylation sites is 2. The number of rotatable bonds is 5. The smallest absolute Gasteiger partial charge is 0.227 e. The predicted octanol–water partition coefficient (Wildman–Crippen LogP) is 5.09. The average Bonchev–Trinajstić information content (AvgIpc) is 2.93. The van der Waals surface area contributed by atoms with E-state index >= 15 is 0 Å². The topological polar surface area (TPSA) is 26.0 Å². The Morgan fingerprint density at radius 2 is 2.05 bits per heavy atom. The first-order chi connectivity index (χ1) is 10.3. The van der Waals surface area contributed by atoms with Gasteiger partial charge in [0, 0.05) is 11.3 Å². The molecule has 0 amide bonds. The monoisotopic (exact) mass is 295 g/mol. The third-order valence-corrected chi connectivity index (χ3v) is 4.01. The molecule has 0 atom stereocenters. The molecular weight excluding hydrogens is 278 g/mol. The lowest BCUT2D eigenvalue weighted by Gasteiger charge is -2.08. The highest BCUT2D eigenvalue weighted by atomic mass is 32.2. The molecule has 0 N–H and O–H groups in total. The van der Waals surface area contributed by atoms with Gasteiger partial charge < -0.3 is 4.42 Å². The van der Waals surface area contributed by atoms with Gasteiger partial charge in [-0.2, -0.15) is 11.8 Å². The summed E-state index contributed by atoms with van der Waals surface area (Å²) in [4.78, 5) is 4.57. The fourth-order valence-corrected chi connectivity index (χ4v) is 2.98. The van der Waals surface area contributed by atoms with Crippen LogP contribution in [0.25, 0.3) is 22.6 Å². The van der Waals surface area contributed by atoms with E-state index in [2.05, 4.69) is 36.0 Å². The molecule has 0 spiro atoms. The first-order valence-corrected chi connectivity index (χ1v) is 8.29. The Morgan fingerprint density at radius 3 is 2.81 bits per heavy atom. The SMILES string of the molecule is C=CCc1ccc(-c2nc3ccccc3o2)cc1CSC. The van der Waals surface area contributed by atoms with Crippen LogP contribution in [0.15, 0.2) is 59.5 Å². The van der Waals surface area contributed by atoms with Gasteiger partial charge >= 0.3 is 0 Å². The standard InChI is InChI=1S/C18H17NOS/c1-3-6-13-9-10-14(11-15(13)12-21-2)18-19-16-7-4-5-8-17(16)20-18/h3-5,7-11H,1,6,12H2,2H3. The normalized spacial score (nSPS) is 10.9. The molecule has 0 bridgehead atoms. The summed E-state index contributed by atoms with van der Waals surface area (Å²) >= 11 is 1.82. The Balaban J connectivity index is 2.04. The van der Waals surface area contributed by atoms with E-state index in [1.54, 1.807) is 0 Å². The maximum Gasteiger partial charge on any atom is 0.227 e. The molecule has 106 valence electrons. The summed E-state index contributed by atoms with van der Waals surface area (Å²) in [5.41, 5.74) is 5.40. The average molecular weight is 295 g/mol. The summed E-state index contributed by atoms with van der Waals surface area (Å²) in [6.45, 7) is 3.83. The van der Waals surface area contributed by atoms with Gasteiger partial charge in [0.15, 0.2) is 5.58 Å². The minimum atomic E-state index is 0.684. The van der Waals surface area contributed by atoms with Crippen LogP contribution in [0.2, 0.25) is 0 Å². The number of fused-ring (bicyclic) bond motifs is 1. The van der Waals surface area contributed by atoms with Crippen molar-refractivity contribution in [3.05, 3.63) is 66.2 Å².